The number of hydrogen-bond donors (Lipinski definition) is 3. The Bertz CT molecular complexity index is 1350. The normalized spacial score (nSPS) is 16.5. The topological polar surface area (TPSA) is 94.7 Å². The van der Waals surface area contributed by atoms with E-state index in [-0.39, 0.29) is 5.91 Å². The van der Waals surface area contributed by atoms with E-state index in [2.05, 4.69) is 69.8 Å². The predicted molar refractivity (Wildman–Crippen MR) is 160 cm³/mol. The highest BCUT2D eigenvalue weighted by Gasteiger charge is 2.31. The van der Waals surface area contributed by atoms with Crippen molar-refractivity contribution in [1.82, 2.24) is 25.1 Å². The van der Waals surface area contributed by atoms with Crippen LogP contribution in [-0.2, 0) is 11.3 Å². The van der Waals surface area contributed by atoms with Crippen LogP contribution in [0.25, 0.3) is 11.3 Å². The van der Waals surface area contributed by atoms with Crippen LogP contribution >= 0.6 is 0 Å². The van der Waals surface area contributed by atoms with Crippen LogP contribution in [0.15, 0.2) is 79.5 Å². The van der Waals surface area contributed by atoms with Crippen molar-refractivity contribution in [2.45, 2.75) is 19.0 Å². The minimum Gasteiger partial charge on any atom is -0.493 e. The summed E-state index contributed by atoms with van der Waals surface area (Å²) in [5.41, 5.74) is 4.90. The Labute approximate surface area is 236 Å². The van der Waals surface area contributed by atoms with Gasteiger partial charge in [-0.15, -0.1) is 0 Å². The van der Waals surface area contributed by atoms with Gasteiger partial charge in [0.15, 0.2) is 0 Å². The minimum absolute atomic E-state index is 0.00370. The van der Waals surface area contributed by atoms with Gasteiger partial charge >= 0.3 is 0 Å². The highest BCUT2D eigenvalue weighted by Crippen LogP contribution is 2.26. The van der Waals surface area contributed by atoms with Crippen molar-refractivity contribution in [3.05, 3.63) is 85.1 Å². The molecular weight excluding hydrogens is 502 g/mol. The summed E-state index contributed by atoms with van der Waals surface area (Å²) in [6, 6.07) is 16.7. The second-order valence-corrected chi connectivity index (χ2v) is 10.1. The van der Waals surface area contributed by atoms with Crippen LogP contribution in [-0.4, -0.2) is 78.1 Å². The molecule has 40 heavy (non-hydrogen) atoms. The van der Waals surface area contributed by atoms with Crippen molar-refractivity contribution < 1.29 is 9.53 Å². The highest BCUT2D eigenvalue weighted by molar-refractivity contribution is 5.87. The predicted octanol–water partition coefficient (Wildman–Crippen LogP) is 4.06. The van der Waals surface area contributed by atoms with Gasteiger partial charge in [0.1, 0.15) is 5.75 Å². The number of carbonyl (C=O) groups excluding carboxylic acids is 1. The van der Waals surface area contributed by atoms with Gasteiger partial charge in [-0.2, -0.15) is 0 Å². The number of ether oxygens (including phenoxy) is 1. The first-order valence-electron chi connectivity index (χ1n) is 13.8. The first-order valence-corrected chi connectivity index (χ1v) is 13.8. The zero-order valence-corrected chi connectivity index (χ0v) is 23.0. The Kier molecular flexibility index (Phi) is 9.05. The van der Waals surface area contributed by atoms with E-state index in [4.69, 9.17) is 9.72 Å². The van der Waals surface area contributed by atoms with Gasteiger partial charge in [0, 0.05) is 68.4 Å². The van der Waals surface area contributed by atoms with Crippen molar-refractivity contribution in [1.29, 1.82) is 0 Å². The Morgan fingerprint density at radius 3 is 3.00 bits per heavy atom. The highest BCUT2D eigenvalue weighted by atomic mass is 16.5. The SMILES string of the molecule is C=CC(=O)N1CC(N(C)CCNc2cc3cc(c2)Nc2nccc(n2)-c2cccc(c2)OCC/C=C/CNC3)C1. The number of fused-ring (bicyclic) bond motifs is 7. The Morgan fingerprint density at radius 1 is 1.23 bits per heavy atom. The van der Waals surface area contributed by atoms with Crippen molar-refractivity contribution >= 4 is 23.2 Å². The monoisotopic (exact) mass is 539 g/mol. The van der Waals surface area contributed by atoms with Gasteiger partial charge < -0.3 is 25.6 Å². The Hall–Kier alpha value is -4.21. The summed E-state index contributed by atoms with van der Waals surface area (Å²) < 4.78 is 5.94. The molecule has 0 atom stereocenters. The fraction of sp³-hybridized carbons (Fsp3) is 0.323. The first-order chi connectivity index (χ1) is 19.6. The van der Waals surface area contributed by atoms with Gasteiger partial charge in [-0.25, -0.2) is 9.97 Å². The van der Waals surface area contributed by atoms with Gasteiger partial charge in [-0.05, 0) is 61.5 Å². The molecule has 0 radical (unpaired) electrons. The van der Waals surface area contributed by atoms with Gasteiger partial charge in [0.2, 0.25) is 11.9 Å². The zero-order chi connectivity index (χ0) is 27.7. The molecule has 208 valence electrons. The molecule has 1 aromatic heterocycles. The molecule has 0 spiro atoms. The third-order valence-electron chi connectivity index (χ3n) is 7.11. The van der Waals surface area contributed by atoms with Crippen molar-refractivity contribution in [3.63, 3.8) is 0 Å². The molecule has 1 amide bonds. The molecule has 9 nitrogen and oxygen atoms in total. The van der Waals surface area contributed by atoms with E-state index in [0.29, 0.717) is 18.6 Å². The average molecular weight is 540 g/mol. The summed E-state index contributed by atoms with van der Waals surface area (Å²) in [6.45, 7) is 8.85. The molecular formula is C31H37N7O2. The quantitative estimate of drug-likeness (QED) is 0.319. The number of carbonyl (C=O) groups is 1. The third kappa shape index (κ3) is 7.25. The number of rotatable bonds is 6. The molecule has 2 aliphatic heterocycles. The first kappa shape index (κ1) is 27.4. The molecule has 5 rings (SSSR count). The maximum Gasteiger partial charge on any atom is 0.246 e. The number of benzene rings is 2. The summed E-state index contributed by atoms with van der Waals surface area (Å²) >= 11 is 0. The lowest BCUT2D eigenvalue weighted by Crippen LogP contribution is -2.60. The fourth-order valence-corrected chi connectivity index (χ4v) is 4.77. The van der Waals surface area contributed by atoms with E-state index >= 15 is 0 Å². The molecule has 6 bridgehead atoms. The number of likely N-dealkylation sites (tertiary alicyclic amines) is 1. The number of amides is 1. The molecule has 9 heteroatoms. The molecule has 0 saturated carbocycles. The maximum atomic E-state index is 11.7. The second-order valence-electron chi connectivity index (χ2n) is 10.1. The Balaban J connectivity index is 1.29. The lowest BCUT2D eigenvalue weighted by Gasteiger charge is -2.43. The zero-order valence-electron chi connectivity index (χ0n) is 23.0. The number of nitrogens with one attached hydrogen (secondary N) is 3. The van der Waals surface area contributed by atoms with E-state index < -0.39 is 0 Å². The lowest BCUT2D eigenvalue weighted by atomic mass is 10.1. The largest absolute Gasteiger partial charge is 0.493 e. The summed E-state index contributed by atoms with van der Waals surface area (Å²) in [5.74, 6) is 1.36. The fourth-order valence-electron chi connectivity index (χ4n) is 4.77. The summed E-state index contributed by atoms with van der Waals surface area (Å²) in [6.07, 6.45) is 8.28. The average Bonchev–Trinajstić information content (AvgIpc) is 2.93. The second kappa shape index (κ2) is 13.2. The number of anilines is 3. The van der Waals surface area contributed by atoms with E-state index in [9.17, 15) is 4.79 Å². The number of nitrogens with zero attached hydrogens (tertiary/aromatic N) is 4. The van der Waals surface area contributed by atoms with E-state index in [0.717, 1.165) is 79.6 Å². The molecule has 2 aromatic carbocycles. The van der Waals surface area contributed by atoms with Gasteiger partial charge in [0.25, 0.3) is 0 Å². The van der Waals surface area contributed by atoms with Crippen molar-refractivity contribution in [2.75, 3.05) is 57.0 Å². The summed E-state index contributed by atoms with van der Waals surface area (Å²) in [4.78, 5) is 25.1. The van der Waals surface area contributed by atoms with Crippen LogP contribution in [0.3, 0.4) is 0 Å². The van der Waals surface area contributed by atoms with Crippen LogP contribution in [0.4, 0.5) is 17.3 Å². The van der Waals surface area contributed by atoms with Crippen LogP contribution in [0.1, 0.15) is 12.0 Å². The van der Waals surface area contributed by atoms with Gasteiger partial charge in [-0.3, -0.25) is 9.69 Å². The van der Waals surface area contributed by atoms with E-state index in [1.807, 2.05) is 35.2 Å². The van der Waals surface area contributed by atoms with Crippen LogP contribution in [0, 0.1) is 0 Å². The molecule has 1 saturated heterocycles. The number of likely N-dealkylation sites (N-methyl/N-ethyl adjacent to an activating group) is 1. The number of aromatic nitrogens is 2. The van der Waals surface area contributed by atoms with Crippen molar-refractivity contribution in [2.24, 2.45) is 0 Å². The number of hydrogen-bond acceptors (Lipinski definition) is 8. The van der Waals surface area contributed by atoms with Gasteiger partial charge in [-0.1, -0.05) is 30.9 Å². The molecule has 2 aliphatic rings. The molecule has 3 aromatic rings. The summed E-state index contributed by atoms with van der Waals surface area (Å²) in [5, 5.41) is 10.5. The van der Waals surface area contributed by atoms with Crippen LogP contribution in [0.2, 0.25) is 0 Å². The third-order valence-corrected chi connectivity index (χ3v) is 7.11. The lowest BCUT2D eigenvalue weighted by molar-refractivity contribution is -0.132. The molecule has 0 unspecified atom stereocenters. The molecule has 3 heterocycles. The van der Waals surface area contributed by atoms with Gasteiger partial charge in [0.05, 0.1) is 12.3 Å². The molecule has 1 fully saturated rings. The van der Waals surface area contributed by atoms with Crippen molar-refractivity contribution in [3.8, 4) is 17.0 Å². The Morgan fingerprint density at radius 2 is 2.12 bits per heavy atom. The van der Waals surface area contributed by atoms with Crippen LogP contribution < -0.4 is 20.7 Å². The summed E-state index contributed by atoms with van der Waals surface area (Å²) in [7, 11) is 2.11. The maximum absolute atomic E-state index is 11.7. The minimum atomic E-state index is 0.00370. The van der Waals surface area contributed by atoms with E-state index in [1.54, 1.807) is 6.20 Å². The van der Waals surface area contributed by atoms with Crippen LogP contribution in [0.5, 0.6) is 5.75 Å². The van der Waals surface area contributed by atoms with E-state index in [1.165, 1.54) is 6.08 Å². The standard InChI is InChI=1S/C31H37N7O2/c1-3-30(39)38-21-27(22-38)37(2)14-13-33-25-16-23-17-26(19-25)35-31-34-12-10-29(36-31)24-8-7-9-28(18-24)40-15-6-4-5-11-32-20-23/h3-5,7-10,12,16-19,27,32-33H,1,6,11,13-15,20-22H2,2H3,(H,34,35,36)/b5-4+. The molecule has 3 N–H and O–H groups in total. The smallest absolute Gasteiger partial charge is 0.246 e. The molecule has 0 aliphatic carbocycles.